The van der Waals surface area contributed by atoms with E-state index in [-0.39, 0.29) is 18.1 Å². The first-order valence-electron chi connectivity index (χ1n) is 12.2. The Morgan fingerprint density at radius 2 is 2.00 bits per heavy atom. The Balaban J connectivity index is 1.31. The van der Waals surface area contributed by atoms with Gasteiger partial charge in [0, 0.05) is 37.4 Å². The number of ether oxygens (including phenoxy) is 3. The average Bonchev–Trinajstić information content (AvgIpc) is 3.17. The lowest BCUT2D eigenvalue weighted by atomic mass is 9.98. The predicted molar refractivity (Wildman–Crippen MR) is 130 cm³/mol. The van der Waals surface area contributed by atoms with Crippen molar-refractivity contribution in [3.05, 3.63) is 22.5 Å². The number of amides is 1. The van der Waals surface area contributed by atoms with Crippen molar-refractivity contribution in [3.8, 4) is 10.6 Å². The average molecular weight is 504 g/mol. The summed E-state index contributed by atoms with van der Waals surface area (Å²) in [4.78, 5) is 29.4. The number of fused-ring (bicyclic) bond motifs is 3. The number of aliphatic hydroxyl groups excluding tert-OH is 1. The van der Waals surface area contributed by atoms with E-state index in [1.165, 1.54) is 0 Å². The fourth-order valence-electron chi connectivity index (χ4n) is 4.56. The van der Waals surface area contributed by atoms with Gasteiger partial charge in [0.1, 0.15) is 5.60 Å². The normalized spacial score (nSPS) is 23.3. The van der Waals surface area contributed by atoms with Gasteiger partial charge in [0.2, 0.25) is 5.95 Å². The molecular weight excluding hydrogens is 470 g/mol. The third-order valence-corrected chi connectivity index (χ3v) is 7.69. The van der Waals surface area contributed by atoms with Gasteiger partial charge in [0.05, 0.1) is 53.2 Å². The van der Waals surface area contributed by atoms with Gasteiger partial charge < -0.3 is 29.5 Å². The van der Waals surface area contributed by atoms with Crippen molar-refractivity contribution < 1.29 is 24.1 Å². The Morgan fingerprint density at radius 3 is 2.74 bits per heavy atom. The number of nitrogens with zero attached hydrogens (tertiary/aromatic N) is 4. The molecule has 2 aromatic heterocycles. The summed E-state index contributed by atoms with van der Waals surface area (Å²) in [6, 6.07) is -0.143. The van der Waals surface area contributed by atoms with Crippen LogP contribution in [-0.4, -0.2) is 75.1 Å². The van der Waals surface area contributed by atoms with Gasteiger partial charge in [-0.05, 0) is 40.0 Å². The molecule has 190 valence electrons. The lowest BCUT2D eigenvalue weighted by molar-refractivity contribution is -0.0136. The highest BCUT2D eigenvalue weighted by atomic mass is 32.1. The minimum Gasteiger partial charge on any atom is -0.444 e. The quantitative estimate of drug-likeness (QED) is 0.650. The molecule has 0 unspecified atom stereocenters. The molecule has 10 nitrogen and oxygen atoms in total. The molecule has 35 heavy (non-hydrogen) atoms. The molecule has 0 aromatic carbocycles. The Hall–Kier alpha value is -2.34. The second-order valence-electron chi connectivity index (χ2n) is 10.3. The van der Waals surface area contributed by atoms with Crippen LogP contribution in [0.4, 0.5) is 10.7 Å². The highest BCUT2D eigenvalue weighted by molar-refractivity contribution is 7.15. The molecule has 1 amide bonds. The first-order chi connectivity index (χ1) is 16.8. The monoisotopic (exact) mass is 503 g/mol. The lowest BCUT2D eigenvalue weighted by Gasteiger charge is -2.32. The molecule has 0 saturated carbocycles. The number of carbonyl (C=O) groups is 1. The summed E-state index contributed by atoms with van der Waals surface area (Å²) >= 11 is 1.66. The van der Waals surface area contributed by atoms with E-state index in [9.17, 15) is 9.90 Å². The maximum atomic E-state index is 12.4. The van der Waals surface area contributed by atoms with Crippen molar-refractivity contribution in [2.75, 3.05) is 31.6 Å². The van der Waals surface area contributed by atoms with Crippen LogP contribution in [0.3, 0.4) is 0 Å². The summed E-state index contributed by atoms with van der Waals surface area (Å²) in [5, 5.41) is 14.6. The van der Waals surface area contributed by atoms with Gasteiger partial charge in [-0.3, -0.25) is 0 Å². The number of likely N-dealkylation sites (tertiary alicyclic amines) is 1. The molecule has 3 aliphatic heterocycles. The van der Waals surface area contributed by atoms with E-state index in [1.54, 1.807) is 22.4 Å². The number of nitrogens with one attached hydrogen (secondary N) is 1. The van der Waals surface area contributed by atoms with Crippen LogP contribution in [0.1, 0.15) is 62.2 Å². The molecule has 0 aliphatic carbocycles. The number of aliphatic hydroxyl groups is 1. The van der Waals surface area contributed by atoms with Crippen LogP contribution in [0.15, 0.2) is 6.20 Å². The molecule has 2 fully saturated rings. The van der Waals surface area contributed by atoms with Crippen molar-refractivity contribution in [3.63, 3.8) is 0 Å². The Labute approximate surface area is 209 Å². The summed E-state index contributed by atoms with van der Waals surface area (Å²) in [5.74, 6) is 0.772. The smallest absolute Gasteiger partial charge is 0.410 e. The standard InChI is InChI=1S/C24H33N5O5S/c1-24(2,3)34-23(31)29-7-4-14(5-8-29)21-26-17-12-33-11-15-10-25-22(28-19(15)20(17)35-21)27-16-6-9-32-13-18(16)30/h10,14,16,18,30H,4-9,11-13H2,1-3H3,(H,25,27,28)/t16-,18-/m1/s1. The van der Waals surface area contributed by atoms with E-state index >= 15 is 0 Å². The summed E-state index contributed by atoms with van der Waals surface area (Å²) in [7, 11) is 0. The number of hydrogen-bond acceptors (Lipinski definition) is 10. The highest BCUT2D eigenvalue weighted by Gasteiger charge is 2.31. The minimum absolute atomic E-state index is 0.143. The zero-order chi connectivity index (χ0) is 24.6. The minimum atomic E-state index is -0.591. The van der Waals surface area contributed by atoms with E-state index in [0.29, 0.717) is 51.9 Å². The van der Waals surface area contributed by atoms with E-state index in [0.717, 1.165) is 39.7 Å². The molecule has 5 rings (SSSR count). The van der Waals surface area contributed by atoms with Crippen molar-refractivity contribution in [2.24, 2.45) is 0 Å². The van der Waals surface area contributed by atoms with E-state index in [2.05, 4.69) is 10.3 Å². The van der Waals surface area contributed by atoms with Crippen LogP contribution >= 0.6 is 11.3 Å². The van der Waals surface area contributed by atoms with Crippen LogP contribution < -0.4 is 5.32 Å². The molecule has 0 radical (unpaired) electrons. The number of aromatic nitrogens is 3. The third-order valence-electron chi connectivity index (χ3n) is 6.43. The van der Waals surface area contributed by atoms with Gasteiger partial charge in [0.25, 0.3) is 0 Å². The molecular formula is C24H33N5O5S. The molecule has 0 spiro atoms. The van der Waals surface area contributed by atoms with Crippen molar-refractivity contribution in [1.29, 1.82) is 0 Å². The largest absolute Gasteiger partial charge is 0.444 e. The first-order valence-corrected chi connectivity index (χ1v) is 13.0. The van der Waals surface area contributed by atoms with Crippen molar-refractivity contribution in [1.82, 2.24) is 19.9 Å². The fourth-order valence-corrected chi connectivity index (χ4v) is 5.82. The van der Waals surface area contributed by atoms with Crippen LogP contribution in [0.25, 0.3) is 10.6 Å². The summed E-state index contributed by atoms with van der Waals surface area (Å²) < 4.78 is 16.7. The molecule has 2 N–H and O–H groups in total. The van der Waals surface area contributed by atoms with Crippen LogP contribution in [0.2, 0.25) is 0 Å². The van der Waals surface area contributed by atoms with E-state index < -0.39 is 11.7 Å². The summed E-state index contributed by atoms with van der Waals surface area (Å²) in [6.07, 6.45) is 3.34. The van der Waals surface area contributed by atoms with Crippen LogP contribution in [0, 0.1) is 0 Å². The predicted octanol–water partition coefficient (Wildman–Crippen LogP) is 3.31. The zero-order valence-electron chi connectivity index (χ0n) is 20.5. The van der Waals surface area contributed by atoms with Crippen molar-refractivity contribution in [2.45, 2.75) is 76.9 Å². The van der Waals surface area contributed by atoms with E-state index in [1.807, 2.05) is 20.8 Å². The van der Waals surface area contributed by atoms with Crippen LogP contribution in [-0.2, 0) is 27.4 Å². The van der Waals surface area contributed by atoms with Gasteiger partial charge in [-0.2, -0.15) is 0 Å². The fraction of sp³-hybridized carbons (Fsp3) is 0.667. The SMILES string of the molecule is CC(C)(C)OC(=O)N1CCC(c2nc3c(s2)-c2nc(N[C@@H]4CCOC[C@H]4O)ncc2COC3)CC1. The number of anilines is 1. The van der Waals surface area contributed by atoms with Gasteiger partial charge in [-0.25, -0.2) is 19.7 Å². The summed E-state index contributed by atoms with van der Waals surface area (Å²) in [6.45, 7) is 8.74. The van der Waals surface area contributed by atoms with Crippen molar-refractivity contribution >= 4 is 23.4 Å². The van der Waals surface area contributed by atoms with E-state index in [4.69, 9.17) is 24.2 Å². The summed E-state index contributed by atoms with van der Waals surface area (Å²) in [5.41, 5.74) is 2.17. The molecule has 5 heterocycles. The van der Waals surface area contributed by atoms with Gasteiger partial charge >= 0.3 is 6.09 Å². The Morgan fingerprint density at radius 1 is 1.20 bits per heavy atom. The molecule has 0 bridgehead atoms. The highest BCUT2D eigenvalue weighted by Crippen LogP contribution is 2.40. The second kappa shape index (κ2) is 9.96. The van der Waals surface area contributed by atoms with Crippen LogP contribution in [0.5, 0.6) is 0 Å². The number of carbonyl (C=O) groups excluding carboxylic acids is 1. The number of thiazole rings is 1. The van der Waals surface area contributed by atoms with Gasteiger partial charge in [-0.1, -0.05) is 0 Å². The Bertz CT molecular complexity index is 1060. The van der Waals surface area contributed by atoms with Gasteiger partial charge in [0.15, 0.2) is 0 Å². The molecule has 2 saturated heterocycles. The number of hydrogen-bond donors (Lipinski definition) is 2. The zero-order valence-corrected chi connectivity index (χ0v) is 21.3. The lowest BCUT2D eigenvalue weighted by Crippen LogP contribution is -2.42. The second-order valence-corrected chi connectivity index (χ2v) is 11.3. The number of piperidine rings is 1. The maximum absolute atomic E-state index is 12.4. The Kier molecular flexibility index (Phi) is 6.93. The number of rotatable bonds is 3. The maximum Gasteiger partial charge on any atom is 0.410 e. The molecule has 2 atom stereocenters. The molecule has 2 aromatic rings. The van der Waals surface area contributed by atoms with Gasteiger partial charge in [-0.15, -0.1) is 11.3 Å². The molecule has 11 heteroatoms. The topological polar surface area (TPSA) is 119 Å². The third kappa shape index (κ3) is 5.58. The first kappa shape index (κ1) is 24.4. The molecule has 3 aliphatic rings.